The Bertz CT molecular complexity index is 1060. The molecule has 1 aliphatic heterocycles. The highest BCUT2D eigenvalue weighted by molar-refractivity contribution is 6.46. The van der Waals surface area contributed by atoms with Crippen molar-refractivity contribution in [2.24, 2.45) is 0 Å². The number of ketones is 1. The molecule has 3 rings (SSSR count). The number of hydrogen-bond acceptors (Lipinski definition) is 6. The van der Waals surface area contributed by atoms with Gasteiger partial charge in [0, 0.05) is 18.7 Å². The quantitative estimate of drug-likeness (QED) is 0.234. The van der Waals surface area contributed by atoms with E-state index in [2.05, 4.69) is 25.3 Å². The molecule has 1 heterocycles. The van der Waals surface area contributed by atoms with Crippen LogP contribution < -0.4 is 9.47 Å². The number of amides is 1. The maximum absolute atomic E-state index is 13.2. The zero-order chi connectivity index (χ0) is 24.7. The van der Waals surface area contributed by atoms with E-state index in [1.165, 1.54) is 0 Å². The van der Waals surface area contributed by atoms with Gasteiger partial charge >= 0.3 is 0 Å². The van der Waals surface area contributed by atoms with Crippen LogP contribution in [0.4, 0.5) is 0 Å². The number of likely N-dealkylation sites (N-methyl/N-ethyl adjacent to an activating group) is 1. The topological polar surface area (TPSA) is 79.3 Å². The van der Waals surface area contributed by atoms with Crippen LogP contribution in [0.3, 0.4) is 0 Å². The molecular formula is C27H32N2O5. The average molecular weight is 465 g/mol. The Hall–Kier alpha value is -3.58. The van der Waals surface area contributed by atoms with Crippen molar-refractivity contribution in [1.29, 1.82) is 0 Å². The van der Waals surface area contributed by atoms with Crippen LogP contribution in [0.25, 0.3) is 5.76 Å². The van der Waals surface area contributed by atoms with Gasteiger partial charge in [-0.2, -0.15) is 0 Å². The lowest BCUT2D eigenvalue weighted by Crippen LogP contribution is -2.38. The summed E-state index contributed by atoms with van der Waals surface area (Å²) in [6, 6.07) is 13.3. The van der Waals surface area contributed by atoms with Crippen LogP contribution in [0.5, 0.6) is 11.5 Å². The lowest BCUT2D eigenvalue weighted by molar-refractivity contribution is -0.140. The van der Waals surface area contributed by atoms with E-state index in [9.17, 15) is 14.7 Å². The van der Waals surface area contributed by atoms with Crippen molar-refractivity contribution >= 4 is 17.4 Å². The fraction of sp³-hybridized carbons (Fsp3) is 0.333. The van der Waals surface area contributed by atoms with E-state index in [4.69, 9.17) is 9.47 Å². The molecule has 7 heteroatoms. The van der Waals surface area contributed by atoms with Gasteiger partial charge in [-0.05, 0) is 55.1 Å². The second kappa shape index (κ2) is 11.5. The van der Waals surface area contributed by atoms with Crippen molar-refractivity contribution in [3.05, 3.63) is 77.9 Å². The highest BCUT2D eigenvalue weighted by Crippen LogP contribution is 2.40. The molecule has 1 unspecified atom stereocenters. The third-order valence-electron chi connectivity index (χ3n) is 6.00. The molecule has 0 radical (unpaired) electrons. The molecule has 34 heavy (non-hydrogen) atoms. The number of rotatable bonds is 11. The molecule has 1 atom stereocenters. The molecular weight excluding hydrogens is 432 g/mol. The average Bonchev–Trinajstić information content (AvgIpc) is 3.13. The number of methoxy groups -OCH3 is 1. The molecule has 1 N–H and O–H groups in total. The number of ether oxygens (including phenoxy) is 2. The number of hydrogen-bond donors (Lipinski definition) is 1. The first-order valence-corrected chi connectivity index (χ1v) is 11.4. The predicted molar refractivity (Wildman–Crippen MR) is 132 cm³/mol. The first-order valence-electron chi connectivity index (χ1n) is 11.4. The number of benzene rings is 2. The van der Waals surface area contributed by atoms with Gasteiger partial charge in [-0.15, -0.1) is 0 Å². The standard InChI is InChI=1S/C27H32N2O5/c1-5-17-34-21-13-11-19(12-14-21)25(30)23-24(20-9-8-10-22(18-20)33-4)29(27(32)26(23)31)16-15-28(6-2)7-3/h5,8-14,18,24,30H,1,6-7,15-17H2,2-4H3/b25-23+. The minimum atomic E-state index is -0.720. The van der Waals surface area contributed by atoms with Gasteiger partial charge in [0.1, 0.15) is 23.9 Å². The Labute approximate surface area is 200 Å². The number of Topliss-reactive ketones (excluding diaryl/α,β-unsaturated/α-hetero) is 1. The van der Waals surface area contributed by atoms with Crippen molar-refractivity contribution in [3.63, 3.8) is 0 Å². The summed E-state index contributed by atoms with van der Waals surface area (Å²) in [4.78, 5) is 30.0. The van der Waals surface area contributed by atoms with Crippen molar-refractivity contribution < 1.29 is 24.2 Å². The summed E-state index contributed by atoms with van der Waals surface area (Å²) < 4.78 is 10.9. The first kappa shape index (κ1) is 25.1. The molecule has 1 fully saturated rings. The van der Waals surface area contributed by atoms with Gasteiger partial charge in [-0.25, -0.2) is 0 Å². The second-order valence-corrected chi connectivity index (χ2v) is 7.92. The van der Waals surface area contributed by atoms with E-state index in [1.807, 2.05) is 12.1 Å². The Morgan fingerprint density at radius 1 is 1.12 bits per heavy atom. The third kappa shape index (κ3) is 5.31. The highest BCUT2D eigenvalue weighted by Gasteiger charge is 2.46. The Kier molecular flexibility index (Phi) is 8.49. The number of aliphatic hydroxyl groups is 1. The molecule has 2 aromatic carbocycles. The lowest BCUT2D eigenvalue weighted by Gasteiger charge is -2.28. The van der Waals surface area contributed by atoms with Gasteiger partial charge in [0.05, 0.1) is 18.7 Å². The molecule has 1 aliphatic rings. The zero-order valence-corrected chi connectivity index (χ0v) is 20.0. The molecule has 0 saturated carbocycles. The second-order valence-electron chi connectivity index (χ2n) is 7.92. The van der Waals surface area contributed by atoms with Gasteiger partial charge in [0.15, 0.2) is 0 Å². The monoisotopic (exact) mass is 464 g/mol. The van der Waals surface area contributed by atoms with E-state index < -0.39 is 17.7 Å². The van der Waals surface area contributed by atoms with Crippen LogP contribution in [0.15, 0.2) is 66.8 Å². The maximum atomic E-state index is 13.2. The van der Waals surface area contributed by atoms with Gasteiger partial charge in [-0.1, -0.05) is 38.6 Å². The van der Waals surface area contributed by atoms with Gasteiger partial charge in [0.2, 0.25) is 0 Å². The smallest absolute Gasteiger partial charge is 0.295 e. The largest absolute Gasteiger partial charge is 0.507 e. The van der Waals surface area contributed by atoms with Crippen LogP contribution in [0.1, 0.15) is 31.0 Å². The third-order valence-corrected chi connectivity index (χ3v) is 6.00. The van der Waals surface area contributed by atoms with Crippen LogP contribution in [-0.4, -0.2) is 66.5 Å². The van der Waals surface area contributed by atoms with E-state index >= 15 is 0 Å². The maximum Gasteiger partial charge on any atom is 0.295 e. The molecule has 1 amide bonds. The molecule has 0 spiro atoms. The lowest BCUT2D eigenvalue weighted by atomic mass is 9.95. The van der Waals surface area contributed by atoms with Crippen LogP contribution >= 0.6 is 0 Å². The fourth-order valence-electron chi connectivity index (χ4n) is 4.08. The minimum absolute atomic E-state index is 0.0672. The van der Waals surface area contributed by atoms with Crippen molar-refractivity contribution in [3.8, 4) is 11.5 Å². The summed E-state index contributed by atoms with van der Waals surface area (Å²) in [5, 5.41) is 11.2. The number of likely N-dealkylation sites (tertiary alicyclic amines) is 1. The Morgan fingerprint density at radius 2 is 1.82 bits per heavy atom. The number of aliphatic hydroxyl groups excluding tert-OH is 1. The van der Waals surface area contributed by atoms with Gasteiger partial charge < -0.3 is 24.4 Å². The first-order chi connectivity index (χ1) is 16.4. The Morgan fingerprint density at radius 3 is 2.44 bits per heavy atom. The molecule has 0 bridgehead atoms. The van der Waals surface area contributed by atoms with Crippen molar-refractivity contribution in [2.75, 3.05) is 39.9 Å². The van der Waals surface area contributed by atoms with Crippen molar-refractivity contribution in [2.45, 2.75) is 19.9 Å². The highest BCUT2D eigenvalue weighted by atomic mass is 16.5. The summed E-state index contributed by atoms with van der Waals surface area (Å²) in [7, 11) is 1.56. The summed E-state index contributed by atoms with van der Waals surface area (Å²) in [5.74, 6) is -0.313. The predicted octanol–water partition coefficient (Wildman–Crippen LogP) is 4.02. The molecule has 0 aromatic heterocycles. The molecule has 0 aliphatic carbocycles. The zero-order valence-electron chi connectivity index (χ0n) is 20.0. The van der Waals surface area contributed by atoms with E-state index in [0.717, 1.165) is 13.1 Å². The Balaban J connectivity index is 2.06. The van der Waals surface area contributed by atoms with E-state index in [0.29, 0.717) is 42.3 Å². The van der Waals surface area contributed by atoms with E-state index in [-0.39, 0.29) is 11.3 Å². The molecule has 2 aromatic rings. The SMILES string of the molecule is C=CCOc1ccc(/C(O)=C2\C(=O)C(=O)N(CCN(CC)CC)C2c2cccc(OC)c2)cc1. The number of carbonyl (C=O) groups excluding carboxylic acids is 2. The number of nitrogens with zero attached hydrogens (tertiary/aromatic N) is 2. The summed E-state index contributed by atoms with van der Waals surface area (Å²) in [6.07, 6.45) is 1.64. The summed E-state index contributed by atoms with van der Waals surface area (Å²) in [6.45, 7) is 10.8. The van der Waals surface area contributed by atoms with E-state index in [1.54, 1.807) is 54.5 Å². The summed E-state index contributed by atoms with van der Waals surface area (Å²) in [5.41, 5.74) is 1.20. The van der Waals surface area contributed by atoms with Gasteiger partial charge in [0.25, 0.3) is 11.7 Å². The normalized spacial score (nSPS) is 17.3. The van der Waals surface area contributed by atoms with Crippen LogP contribution in [0, 0.1) is 0 Å². The minimum Gasteiger partial charge on any atom is -0.507 e. The van der Waals surface area contributed by atoms with Crippen molar-refractivity contribution in [1.82, 2.24) is 9.80 Å². The fourth-order valence-corrected chi connectivity index (χ4v) is 4.08. The molecule has 1 saturated heterocycles. The molecule has 7 nitrogen and oxygen atoms in total. The van der Waals surface area contributed by atoms with Crippen LogP contribution in [0.2, 0.25) is 0 Å². The number of carbonyl (C=O) groups is 2. The summed E-state index contributed by atoms with van der Waals surface area (Å²) >= 11 is 0. The van der Waals surface area contributed by atoms with Crippen LogP contribution in [-0.2, 0) is 9.59 Å². The van der Waals surface area contributed by atoms with Gasteiger partial charge in [-0.3, -0.25) is 9.59 Å². The molecule has 180 valence electrons.